The van der Waals surface area contributed by atoms with Crippen LogP contribution in [-0.4, -0.2) is 53.5 Å². The Bertz CT molecular complexity index is 893. The quantitative estimate of drug-likeness (QED) is 0.319. The predicted molar refractivity (Wildman–Crippen MR) is 107 cm³/mol. The molecule has 2 aromatic rings. The largest absolute Gasteiger partial charge is 0.507 e. The highest BCUT2D eigenvalue weighted by Crippen LogP contribution is 2.39. The van der Waals surface area contributed by atoms with Gasteiger partial charge in [-0.25, -0.2) is 0 Å². The molecule has 1 amide bonds. The fourth-order valence-corrected chi connectivity index (χ4v) is 3.41. The van der Waals surface area contributed by atoms with Crippen molar-refractivity contribution in [2.45, 2.75) is 19.4 Å². The molecule has 1 saturated heterocycles. The Morgan fingerprint density at radius 1 is 1.14 bits per heavy atom. The Morgan fingerprint density at radius 3 is 2.45 bits per heavy atom. The normalized spacial score (nSPS) is 18.3. The first-order valence-electron chi connectivity index (χ1n) is 9.49. The van der Waals surface area contributed by atoms with Crippen molar-refractivity contribution in [3.8, 4) is 5.75 Å². The van der Waals surface area contributed by atoms with E-state index in [4.69, 9.17) is 9.47 Å². The van der Waals surface area contributed by atoms with Crippen LogP contribution in [0.5, 0.6) is 5.75 Å². The van der Waals surface area contributed by atoms with Crippen molar-refractivity contribution in [2.24, 2.45) is 0 Å². The molecule has 0 bridgehead atoms. The monoisotopic (exact) mass is 396 g/mol. The third-order valence-electron chi connectivity index (χ3n) is 4.75. The summed E-state index contributed by atoms with van der Waals surface area (Å²) in [6.07, 6.45) is 3.77. The van der Waals surface area contributed by atoms with E-state index in [0.29, 0.717) is 43.1 Å². The molecule has 7 heteroatoms. The van der Waals surface area contributed by atoms with Gasteiger partial charge in [0.25, 0.3) is 11.7 Å². The molecule has 3 rings (SSSR count). The molecule has 0 spiro atoms. The van der Waals surface area contributed by atoms with Crippen molar-refractivity contribution < 1.29 is 24.2 Å². The number of carbonyl (C=O) groups is 2. The number of rotatable bonds is 8. The van der Waals surface area contributed by atoms with E-state index in [1.807, 2.05) is 6.92 Å². The van der Waals surface area contributed by atoms with E-state index >= 15 is 0 Å². The molecule has 7 nitrogen and oxygen atoms in total. The van der Waals surface area contributed by atoms with Gasteiger partial charge in [-0.1, -0.05) is 0 Å². The van der Waals surface area contributed by atoms with Crippen molar-refractivity contribution in [3.05, 3.63) is 65.5 Å². The fraction of sp³-hybridized carbons (Fsp3) is 0.318. The van der Waals surface area contributed by atoms with Crippen LogP contribution in [0.2, 0.25) is 0 Å². The molecule has 1 atom stereocenters. The Kier molecular flexibility index (Phi) is 6.61. The fourth-order valence-electron chi connectivity index (χ4n) is 3.41. The summed E-state index contributed by atoms with van der Waals surface area (Å²) in [5, 5.41) is 10.9. The minimum Gasteiger partial charge on any atom is -0.507 e. The zero-order chi connectivity index (χ0) is 20.8. The lowest BCUT2D eigenvalue weighted by atomic mass is 9.96. The number of benzene rings is 1. The number of carbonyl (C=O) groups excluding carboxylic acids is 2. The molecule has 1 fully saturated rings. The highest BCUT2D eigenvalue weighted by Gasteiger charge is 2.45. The topological polar surface area (TPSA) is 89.0 Å². The number of hydrogen-bond acceptors (Lipinski definition) is 6. The van der Waals surface area contributed by atoms with Crippen LogP contribution in [0.3, 0.4) is 0 Å². The second kappa shape index (κ2) is 9.34. The number of nitrogens with zero attached hydrogens (tertiary/aromatic N) is 2. The predicted octanol–water partition coefficient (Wildman–Crippen LogP) is 2.94. The zero-order valence-corrected chi connectivity index (χ0v) is 16.5. The molecule has 0 saturated carbocycles. The van der Waals surface area contributed by atoms with Gasteiger partial charge in [0.1, 0.15) is 11.5 Å². The van der Waals surface area contributed by atoms with Crippen molar-refractivity contribution in [1.82, 2.24) is 9.88 Å². The van der Waals surface area contributed by atoms with Gasteiger partial charge < -0.3 is 19.5 Å². The number of hydrogen-bond donors (Lipinski definition) is 1. The summed E-state index contributed by atoms with van der Waals surface area (Å²) >= 11 is 0. The molecule has 152 valence electrons. The molecular weight excluding hydrogens is 372 g/mol. The van der Waals surface area contributed by atoms with Gasteiger partial charge in [-0.2, -0.15) is 0 Å². The molecule has 1 aromatic carbocycles. The molecule has 29 heavy (non-hydrogen) atoms. The standard InChI is InChI=1S/C22H24N2O5/c1-3-29-17-7-5-16(6-8-17)20(25)18-19(15-9-11-23-12-10-15)24(13-4-14-28-2)22(27)21(18)26/h5-12,19,25H,3-4,13-14H2,1-2H3/b20-18-. The molecule has 1 N–H and O–H groups in total. The van der Waals surface area contributed by atoms with Gasteiger partial charge in [-0.3, -0.25) is 14.6 Å². The number of aliphatic hydroxyl groups is 1. The van der Waals surface area contributed by atoms with E-state index in [9.17, 15) is 14.7 Å². The number of likely N-dealkylation sites (tertiary alicyclic amines) is 1. The van der Waals surface area contributed by atoms with Gasteiger partial charge in [0.05, 0.1) is 18.2 Å². The van der Waals surface area contributed by atoms with Crippen LogP contribution < -0.4 is 4.74 Å². The minimum absolute atomic E-state index is 0.0720. The number of Topliss-reactive ketones (excluding diaryl/α,β-unsaturated/α-hetero) is 1. The highest BCUT2D eigenvalue weighted by atomic mass is 16.5. The summed E-state index contributed by atoms with van der Waals surface area (Å²) in [4.78, 5) is 31.1. The van der Waals surface area contributed by atoms with Gasteiger partial charge in [0, 0.05) is 38.2 Å². The molecule has 1 aliphatic heterocycles. The number of ether oxygens (including phenoxy) is 2. The average Bonchev–Trinajstić information content (AvgIpc) is 3.00. The number of aliphatic hydroxyl groups excluding tert-OH is 1. The minimum atomic E-state index is -0.699. The van der Waals surface area contributed by atoms with E-state index in [-0.39, 0.29) is 11.3 Å². The van der Waals surface area contributed by atoms with Gasteiger partial charge in [0.2, 0.25) is 0 Å². The van der Waals surface area contributed by atoms with Crippen LogP contribution in [0.25, 0.3) is 5.76 Å². The average molecular weight is 396 g/mol. The lowest BCUT2D eigenvalue weighted by molar-refractivity contribution is -0.140. The number of ketones is 1. The third kappa shape index (κ3) is 4.30. The molecule has 0 radical (unpaired) electrons. The summed E-state index contributed by atoms with van der Waals surface area (Å²) in [6.45, 7) is 3.21. The maximum Gasteiger partial charge on any atom is 0.295 e. The van der Waals surface area contributed by atoms with Crippen LogP contribution in [-0.2, 0) is 14.3 Å². The van der Waals surface area contributed by atoms with Crippen molar-refractivity contribution in [2.75, 3.05) is 26.9 Å². The SMILES string of the molecule is CCOc1ccc(/C(O)=C2/C(=O)C(=O)N(CCCOC)C2c2ccncc2)cc1. The van der Waals surface area contributed by atoms with Crippen LogP contribution in [0.4, 0.5) is 0 Å². The van der Waals surface area contributed by atoms with Crippen LogP contribution in [0.15, 0.2) is 54.4 Å². The first-order chi connectivity index (χ1) is 14.1. The summed E-state index contributed by atoms with van der Waals surface area (Å²) in [5.74, 6) is -0.872. The summed E-state index contributed by atoms with van der Waals surface area (Å²) in [7, 11) is 1.58. The molecule has 1 unspecified atom stereocenters. The maximum absolute atomic E-state index is 12.8. The van der Waals surface area contributed by atoms with Gasteiger partial charge >= 0.3 is 0 Å². The summed E-state index contributed by atoms with van der Waals surface area (Å²) in [6, 6.07) is 9.58. The smallest absolute Gasteiger partial charge is 0.295 e. The van der Waals surface area contributed by atoms with E-state index < -0.39 is 17.7 Å². The van der Waals surface area contributed by atoms with E-state index in [1.165, 1.54) is 4.90 Å². The third-order valence-corrected chi connectivity index (χ3v) is 4.75. The van der Waals surface area contributed by atoms with E-state index in [0.717, 1.165) is 0 Å². The summed E-state index contributed by atoms with van der Waals surface area (Å²) < 4.78 is 10.5. The number of methoxy groups -OCH3 is 1. The van der Waals surface area contributed by atoms with Gasteiger partial charge in [0.15, 0.2) is 0 Å². The molecule has 1 aromatic heterocycles. The van der Waals surface area contributed by atoms with Crippen molar-refractivity contribution in [1.29, 1.82) is 0 Å². The number of aromatic nitrogens is 1. The number of pyridine rings is 1. The second-order valence-corrected chi connectivity index (χ2v) is 6.58. The van der Waals surface area contributed by atoms with E-state index in [1.54, 1.807) is 55.9 Å². The lowest BCUT2D eigenvalue weighted by Gasteiger charge is -2.25. The van der Waals surface area contributed by atoms with Crippen LogP contribution in [0.1, 0.15) is 30.5 Å². The molecule has 0 aliphatic carbocycles. The Hall–Kier alpha value is -3.19. The molecular formula is C22H24N2O5. The Labute approximate surface area is 169 Å². The van der Waals surface area contributed by atoms with Crippen LogP contribution >= 0.6 is 0 Å². The van der Waals surface area contributed by atoms with Crippen molar-refractivity contribution >= 4 is 17.4 Å². The van der Waals surface area contributed by atoms with E-state index in [2.05, 4.69) is 4.98 Å². The van der Waals surface area contributed by atoms with Crippen LogP contribution in [0, 0.1) is 0 Å². The Morgan fingerprint density at radius 2 is 1.83 bits per heavy atom. The number of amides is 1. The highest BCUT2D eigenvalue weighted by molar-refractivity contribution is 6.46. The lowest BCUT2D eigenvalue weighted by Crippen LogP contribution is -2.31. The zero-order valence-electron chi connectivity index (χ0n) is 16.5. The first-order valence-corrected chi connectivity index (χ1v) is 9.49. The summed E-state index contributed by atoms with van der Waals surface area (Å²) in [5.41, 5.74) is 1.23. The van der Waals surface area contributed by atoms with Gasteiger partial charge in [-0.15, -0.1) is 0 Å². The molecule has 1 aliphatic rings. The molecule has 2 heterocycles. The Balaban J connectivity index is 2.04. The maximum atomic E-state index is 12.8. The van der Waals surface area contributed by atoms with Gasteiger partial charge in [-0.05, 0) is 55.3 Å². The second-order valence-electron chi connectivity index (χ2n) is 6.58. The first kappa shape index (κ1) is 20.5. The van der Waals surface area contributed by atoms with Crippen molar-refractivity contribution in [3.63, 3.8) is 0 Å².